The molecule has 2 aromatic rings. The summed E-state index contributed by atoms with van der Waals surface area (Å²) in [4.78, 5) is 29.1. The number of ketones is 2. The molecular formula is C34H56Br2O2S2Si2. The minimum atomic E-state index is -1.75. The lowest BCUT2D eigenvalue weighted by atomic mass is 10.2. The van der Waals surface area contributed by atoms with E-state index in [2.05, 4.69) is 85.5 Å². The Hall–Kier alpha value is 0.134. The van der Waals surface area contributed by atoms with Gasteiger partial charge in [0, 0.05) is 8.95 Å². The third-order valence-electron chi connectivity index (χ3n) is 9.09. The van der Waals surface area contributed by atoms with Crippen LogP contribution in [0.2, 0.25) is 36.3 Å². The molecule has 0 atom stereocenters. The van der Waals surface area contributed by atoms with E-state index in [4.69, 9.17) is 0 Å². The van der Waals surface area contributed by atoms with Gasteiger partial charge >= 0.3 is 0 Å². The number of carbonyl (C=O) groups excluding carboxylic acids is 2. The van der Waals surface area contributed by atoms with Gasteiger partial charge in [-0.2, -0.15) is 0 Å². The van der Waals surface area contributed by atoms with Crippen molar-refractivity contribution in [2.45, 2.75) is 155 Å². The third kappa shape index (κ3) is 10.1. The van der Waals surface area contributed by atoms with Crippen molar-refractivity contribution in [2.75, 3.05) is 0 Å². The number of halogens is 2. The number of Topliss-reactive ketones (excluding diaryl/α,β-unsaturated/α-hetero) is 2. The van der Waals surface area contributed by atoms with Gasteiger partial charge in [-0.05, 0) is 53.0 Å². The average Bonchev–Trinajstić information content (AvgIpc) is 3.59. The number of carbonyl (C=O) groups is 2. The van der Waals surface area contributed by atoms with E-state index in [1.807, 2.05) is 0 Å². The molecule has 2 nitrogen and oxygen atoms in total. The zero-order valence-electron chi connectivity index (χ0n) is 27.3. The van der Waals surface area contributed by atoms with E-state index in [9.17, 15) is 9.59 Å². The first kappa shape index (κ1) is 38.3. The molecule has 2 aromatic heterocycles. The van der Waals surface area contributed by atoms with E-state index >= 15 is 0 Å². The molecular weight excluding hydrogens is 720 g/mol. The molecule has 2 heterocycles. The minimum absolute atomic E-state index is 0.334. The fourth-order valence-electron chi connectivity index (χ4n) is 6.36. The van der Waals surface area contributed by atoms with E-state index in [-0.39, 0.29) is 11.6 Å². The molecule has 0 aliphatic rings. The zero-order chi connectivity index (χ0) is 31.2. The second-order valence-electron chi connectivity index (χ2n) is 12.4. The van der Waals surface area contributed by atoms with Crippen molar-refractivity contribution >= 4 is 91.2 Å². The van der Waals surface area contributed by atoms with Gasteiger partial charge in [-0.15, -0.1) is 22.7 Å². The summed E-state index contributed by atoms with van der Waals surface area (Å²) in [5, 5.41) is 0. The molecule has 0 saturated carbocycles. The maximum absolute atomic E-state index is 13.9. The lowest BCUT2D eigenvalue weighted by molar-refractivity contribution is 0.0821. The van der Waals surface area contributed by atoms with E-state index in [1.54, 1.807) is 22.7 Å². The van der Waals surface area contributed by atoms with Crippen molar-refractivity contribution in [3.05, 3.63) is 30.8 Å². The van der Waals surface area contributed by atoms with Crippen LogP contribution in [0.5, 0.6) is 0 Å². The number of hydrogen-bond donors (Lipinski definition) is 0. The quantitative estimate of drug-likeness (QED) is 0.0640. The van der Waals surface area contributed by atoms with Gasteiger partial charge in [0.2, 0.25) is 11.6 Å². The first-order valence-electron chi connectivity index (χ1n) is 16.9. The standard InChI is InChI=1S/C34H56Br2O2S2Si2/c1-7-13-19-41(20-14-8-2,21-15-9-3)29-25-27(35)33(39-29)31(37)32(38)34-28(36)26-30(40-34)42(22-16-10-4,23-17-11-5)24-18-12-6/h25-26H,7-24H2,1-6H3. The molecule has 2 rings (SSSR count). The van der Waals surface area contributed by atoms with Gasteiger partial charge in [0.1, 0.15) is 0 Å². The Morgan fingerprint density at radius 1 is 0.524 bits per heavy atom. The molecule has 0 bridgehead atoms. The average molecular weight is 777 g/mol. The maximum atomic E-state index is 13.9. The number of thiophene rings is 2. The van der Waals surface area contributed by atoms with Crippen LogP contribution in [0.4, 0.5) is 0 Å². The molecule has 42 heavy (non-hydrogen) atoms. The van der Waals surface area contributed by atoms with E-state index in [0.717, 1.165) is 8.95 Å². The number of rotatable bonds is 23. The van der Waals surface area contributed by atoms with Crippen molar-refractivity contribution in [2.24, 2.45) is 0 Å². The highest BCUT2D eigenvalue weighted by Gasteiger charge is 2.39. The van der Waals surface area contributed by atoms with E-state index in [0.29, 0.717) is 9.75 Å². The van der Waals surface area contributed by atoms with Gasteiger partial charge in [-0.1, -0.05) is 155 Å². The third-order valence-corrected chi connectivity index (χ3v) is 26.2. The zero-order valence-corrected chi connectivity index (χ0v) is 34.1. The summed E-state index contributed by atoms with van der Waals surface area (Å²) in [6, 6.07) is 12.2. The van der Waals surface area contributed by atoms with Crippen LogP contribution in [0.15, 0.2) is 21.1 Å². The van der Waals surface area contributed by atoms with Gasteiger partial charge < -0.3 is 0 Å². The van der Waals surface area contributed by atoms with Crippen molar-refractivity contribution in [1.82, 2.24) is 0 Å². The number of hydrogen-bond acceptors (Lipinski definition) is 4. The van der Waals surface area contributed by atoms with Gasteiger partial charge in [0.25, 0.3) is 0 Å². The Morgan fingerprint density at radius 2 is 0.762 bits per heavy atom. The predicted octanol–water partition coefficient (Wildman–Crippen LogP) is 12.5. The van der Waals surface area contributed by atoms with Crippen LogP contribution in [-0.4, -0.2) is 27.7 Å². The summed E-state index contributed by atoms with van der Waals surface area (Å²) in [5.41, 5.74) is 0. The molecule has 0 aliphatic heterocycles. The second kappa shape index (κ2) is 19.6. The normalized spacial score (nSPS) is 12.3. The molecule has 8 heteroatoms. The van der Waals surface area contributed by atoms with Gasteiger partial charge in [0.05, 0.1) is 25.9 Å². The Labute approximate surface area is 284 Å². The lowest BCUT2D eigenvalue weighted by Crippen LogP contribution is -2.46. The highest BCUT2D eigenvalue weighted by Crippen LogP contribution is 2.36. The fourth-order valence-corrected chi connectivity index (χ4v) is 24.1. The number of unbranched alkanes of at least 4 members (excludes halogenated alkanes) is 6. The molecule has 238 valence electrons. The molecule has 0 aliphatic carbocycles. The summed E-state index contributed by atoms with van der Waals surface area (Å²) in [5.74, 6) is -0.668. The molecule has 0 spiro atoms. The highest BCUT2D eigenvalue weighted by molar-refractivity contribution is 9.11. The van der Waals surface area contributed by atoms with Crippen molar-refractivity contribution in [3.8, 4) is 0 Å². The van der Waals surface area contributed by atoms with Crippen molar-refractivity contribution < 1.29 is 9.59 Å². The minimum Gasteiger partial charge on any atom is -0.284 e. The Bertz CT molecular complexity index is 981. The SMILES string of the molecule is CCCC[Si](CCCC)(CCCC)c1cc(Br)c(C(=O)C(=O)c2sc([Si](CCCC)(CCCC)CCCC)cc2Br)s1. The highest BCUT2D eigenvalue weighted by atomic mass is 79.9. The van der Waals surface area contributed by atoms with Gasteiger partial charge in [0.15, 0.2) is 0 Å². The van der Waals surface area contributed by atoms with E-state index < -0.39 is 16.1 Å². The smallest absolute Gasteiger partial charge is 0.245 e. The van der Waals surface area contributed by atoms with Crippen LogP contribution >= 0.6 is 54.5 Å². The van der Waals surface area contributed by atoms with Crippen LogP contribution in [-0.2, 0) is 0 Å². The van der Waals surface area contributed by atoms with Crippen LogP contribution in [0.25, 0.3) is 0 Å². The fraction of sp³-hybridized carbons (Fsp3) is 0.706. The molecule has 0 aromatic carbocycles. The summed E-state index contributed by atoms with van der Waals surface area (Å²) >= 11 is 10.8. The maximum Gasteiger partial charge on any atom is 0.245 e. The van der Waals surface area contributed by atoms with E-state index in [1.165, 1.54) is 122 Å². The Kier molecular flexibility index (Phi) is 17.9. The first-order valence-corrected chi connectivity index (χ1v) is 25.3. The van der Waals surface area contributed by atoms with Gasteiger partial charge in [-0.25, -0.2) is 0 Å². The molecule has 0 fully saturated rings. The monoisotopic (exact) mass is 774 g/mol. The molecule has 0 radical (unpaired) electrons. The summed E-state index contributed by atoms with van der Waals surface area (Å²) in [6.07, 6.45) is 14.8. The summed E-state index contributed by atoms with van der Waals surface area (Å²) < 4.78 is 4.51. The predicted molar refractivity (Wildman–Crippen MR) is 202 cm³/mol. The van der Waals surface area contributed by atoms with Crippen LogP contribution in [0, 0.1) is 0 Å². The topological polar surface area (TPSA) is 34.1 Å². The molecule has 0 N–H and O–H groups in total. The van der Waals surface area contributed by atoms with Crippen LogP contribution in [0.1, 0.15) is 138 Å². The largest absolute Gasteiger partial charge is 0.284 e. The van der Waals surface area contributed by atoms with Crippen molar-refractivity contribution in [3.63, 3.8) is 0 Å². The Morgan fingerprint density at radius 3 is 0.976 bits per heavy atom. The second-order valence-corrected chi connectivity index (χ2v) is 26.2. The Balaban J connectivity index is 2.49. The van der Waals surface area contributed by atoms with Crippen molar-refractivity contribution in [1.29, 1.82) is 0 Å². The summed E-state index contributed by atoms with van der Waals surface area (Å²) in [6.45, 7) is 13.7. The van der Waals surface area contributed by atoms with Gasteiger partial charge in [-0.3, -0.25) is 9.59 Å². The molecule has 0 unspecified atom stereocenters. The summed E-state index contributed by atoms with van der Waals surface area (Å²) in [7, 11) is -3.50. The molecule has 0 saturated heterocycles. The van der Waals surface area contributed by atoms with Crippen LogP contribution in [0.3, 0.4) is 0 Å². The lowest BCUT2D eigenvalue weighted by Gasteiger charge is -2.31. The van der Waals surface area contributed by atoms with Crippen LogP contribution < -0.4 is 9.00 Å². The first-order chi connectivity index (χ1) is 20.2. The molecule has 0 amide bonds.